The molecule has 2 aromatic carbocycles. The lowest BCUT2D eigenvalue weighted by molar-refractivity contribution is 0.388. The molecule has 7 heteroatoms. The van der Waals surface area contributed by atoms with E-state index in [0.717, 1.165) is 0 Å². The molecule has 27 heavy (non-hydrogen) atoms. The van der Waals surface area contributed by atoms with Crippen LogP contribution in [0.25, 0.3) is 11.0 Å². The minimum atomic E-state index is -0.707. The van der Waals surface area contributed by atoms with Gasteiger partial charge in [0.15, 0.2) is 5.75 Å². The number of nitriles is 1. The smallest absolute Gasteiger partial charge is 0.344 e. The van der Waals surface area contributed by atoms with Gasteiger partial charge in [-0.05, 0) is 45.8 Å². The standard InChI is InChI=1S/C20H13BrN2O4/c1-25-15-7-6-10(8-13(15)21)16-12(9-22)19(23)27-18-11-4-2-3-5-14(11)26-20(24)17(16)18/h2-8,16H,23H2,1H3/t16-/m0/s1. The highest BCUT2D eigenvalue weighted by Crippen LogP contribution is 2.44. The van der Waals surface area contributed by atoms with E-state index in [9.17, 15) is 10.1 Å². The lowest BCUT2D eigenvalue weighted by Gasteiger charge is -2.26. The maximum Gasteiger partial charge on any atom is 0.344 e. The van der Waals surface area contributed by atoms with Crippen molar-refractivity contribution in [3.8, 4) is 17.6 Å². The molecule has 0 radical (unpaired) electrons. The van der Waals surface area contributed by atoms with Gasteiger partial charge in [-0.15, -0.1) is 0 Å². The van der Waals surface area contributed by atoms with E-state index in [2.05, 4.69) is 22.0 Å². The SMILES string of the molecule is COc1ccc([C@H]2C(C#N)=C(N)Oc3c2c(=O)oc2ccccc32)cc1Br. The van der Waals surface area contributed by atoms with E-state index in [-0.39, 0.29) is 17.0 Å². The van der Waals surface area contributed by atoms with Gasteiger partial charge >= 0.3 is 5.63 Å². The first kappa shape index (κ1) is 17.2. The van der Waals surface area contributed by atoms with Crippen LogP contribution in [0, 0.1) is 11.3 Å². The molecular weight excluding hydrogens is 412 g/mol. The molecular formula is C20H13BrN2O4. The monoisotopic (exact) mass is 424 g/mol. The summed E-state index contributed by atoms with van der Waals surface area (Å²) in [5.74, 6) is 0.210. The summed E-state index contributed by atoms with van der Waals surface area (Å²) in [6.07, 6.45) is 0. The van der Waals surface area contributed by atoms with Crippen molar-refractivity contribution in [2.24, 2.45) is 5.73 Å². The third-order valence-corrected chi connectivity index (χ3v) is 5.10. The van der Waals surface area contributed by atoms with Gasteiger partial charge < -0.3 is 19.6 Å². The number of nitrogens with two attached hydrogens (primary N) is 1. The average Bonchev–Trinajstić information content (AvgIpc) is 2.67. The average molecular weight is 425 g/mol. The normalized spacial score (nSPS) is 15.8. The van der Waals surface area contributed by atoms with E-state index in [1.54, 1.807) is 43.5 Å². The van der Waals surface area contributed by atoms with Crippen molar-refractivity contribution in [3.05, 3.63) is 79.9 Å². The van der Waals surface area contributed by atoms with E-state index >= 15 is 0 Å². The van der Waals surface area contributed by atoms with E-state index in [0.29, 0.717) is 32.5 Å². The number of nitrogens with zero attached hydrogens (tertiary/aromatic N) is 1. The van der Waals surface area contributed by atoms with Crippen LogP contribution in [0.5, 0.6) is 11.5 Å². The minimum absolute atomic E-state index is 0.0299. The molecule has 0 amide bonds. The van der Waals surface area contributed by atoms with Gasteiger partial charge in [0, 0.05) is 0 Å². The van der Waals surface area contributed by atoms with Crippen LogP contribution in [0.4, 0.5) is 0 Å². The third-order valence-electron chi connectivity index (χ3n) is 4.48. The molecule has 2 heterocycles. The van der Waals surface area contributed by atoms with Gasteiger partial charge in [-0.2, -0.15) is 5.26 Å². The molecule has 0 unspecified atom stereocenters. The van der Waals surface area contributed by atoms with Gasteiger partial charge in [-0.1, -0.05) is 18.2 Å². The van der Waals surface area contributed by atoms with E-state index in [1.807, 2.05) is 6.07 Å². The van der Waals surface area contributed by atoms with Crippen LogP contribution in [0.2, 0.25) is 0 Å². The van der Waals surface area contributed by atoms with Crippen molar-refractivity contribution in [1.82, 2.24) is 0 Å². The van der Waals surface area contributed by atoms with Crippen LogP contribution in [-0.4, -0.2) is 7.11 Å². The zero-order valence-corrected chi connectivity index (χ0v) is 15.7. The molecule has 134 valence electrons. The van der Waals surface area contributed by atoms with Crippen LogP contribution in [0.15, 0.2) is 67.6 Å². The molecule has 0 saturated carbocycles. The van der Waals surface area contributed by atoms with Gasteiger partial charge in [0.1, 0.15) is 23.0 Å². The lowest BCUT2D eigenvalue weighted by Crippen LogP contribution is -2.26. The molecule has 1 aliphatic heterocycles. The van der Waals surface area contributed by atoms with Crippen molar-refractivity contribution in [2.45, 2.75) is 5.92 Å². The lowest BCUT2D eigenvalue weighted by atomic mass is 9.84. The van der Waals surface area contributed by atoms with Crippen LogP contribution >= 0.6 is 15.9 Å². The maximum absolute atomic E-state index is 12.8. The molecule has 0 bridgehead atoms. The quantitative estimate of drug-likeness (QED) is 0.628. The molecule has 0 spiro atoms. The van der Waals surface area contributed by atoms with E-state index < -0.39 is 11.5 Å². The zero-order valence-electron chi connectivity index (χ0n) is 14.2. The second-order valence-corrected chi connectivity index (χ2v) is 6.80. The van der Waals surface area contributed by atoms with Crippen LogP contribution < -0.4 is 20.8 Å². The van der Waals surface area contributed by atoms with Gasteiger partial charge in [-0.3, -0.25) is 0 Å². The summed E-state index contributed by atoms with van der Waals surface area (Å²) in [6, 6.07) is 14.4. The van der Waals surface area contributed by atoms with Crippen molar-refractivity contribution >= 4 is 26.9 Å². The number of allylic oxidation sites excluding steroid dienone is 1. The molecule has 0 aliphatic carbocycles. The summed E-state index contributed by atoms with van der Waals surface area (Å²) in [7, 11) is 1.56. The van der Waals surface area contributed by atoms with E-state index in [1.165, 1.54) is 0 Å². The van der Waals surface area contributed by atoms with Gasteiger partial charge in [0.05, 0.1) is 28.5 Å². The first-order chi connectivity index (χ1) is 13.0. The molecule has 1 aliphatic rings. The Morgan fingerprint density at radius 3 is 2.74 bits per heavy atom. The summed E-state index contributed by atoms with van der Waals surface area (Å²) >= 11 is 3.44. The largest absolute Gasteiger partial charge is 0.496 e. The number of para-hydroxylation sites is 1. The Morgan fingerprint density at radius 2 is 2.04 bits per heavy atom. The van der Waals surface area contributed by atoms with Crippen molar-refractivity contribution < 1.29 is 13.9 Å². The fraction of sp³-hybridized carbons (Fsp3) is 0.100. The summed E-state index contributed by atoms with van der Waals surface area (Å²) in [4.78, 5) is 12.8. The summed E-state index contributed by atoms with van der Waals surface area (Å²) < 4.78 is 17.1. The van der Waals surface area contributed by atoms with E-state index in [4.69, 9.17) is 19.6 Å². The number of benzene rings is 2. The summed E-state index contributed by atoms with van der Waals surface area (Å²) in [5.41, 5.74) is 6.95. The van der Waals surface area contributed by atoms with Gasteiger partial charge in [0.2, 0.25) is 5.88 Å². The molecule has 6 nitrogen and oxygen atoms in total. The molecule has 0 fully saturated rings. The molecule has 1 aromatic heterocycles. The first-order valence-electron chi connectivity index (χ1n) is 8.02. The van der Waals surface area contributed by atoms with Crippen LogP contribution in [-0.2, 0) is 0 Å². The second-order valence-electron chi connectivity index (χ2n) is 5.95. The Kier molecular flexibility index (Phi) is 4.13. The summed E-state index contributed by atoms with van der Waals surface area (Å²) in [5, 5.41) is 10.3. The predicted octanol–water partition coefficient (Wildman–Crippen LogP) is 3.78. The number of hydrogen-bond acceptors (Lipinski definition) is 6. The van der Waals surface area contributed by atoms with Gasteiger partial charge in [-0.25, -0.2) is 4.79 Å². The third kappa shape index (κ3) is 2.66. The van der Waals surface area contributed by atoms with Gasteiger partial charge in [0.25, 0.3) is 0 Å². The number of rotatable bonds is 2. The molecule has 1 atom stereocenters. The molecule has 4 rings (SSSR count). The van der Waals surface area contributed by atoms with Crippen molar-refractivity contribution in [3.63, 3.8) is 0 Å². The highest BCUT2D eigenvalue weighted by atomic mass is 79.9. The predicted molar refractivity (Wildman–Crippen MR) is 102 cm³/mol. The Bertz CT molecular complexity index is 1210. The Morgan fingerprint density at radius 1 is 1.26 bits per heavy atom. The number of ether oxygens (including phenoxy) is 2. The highest BCUT2D eigenvalue weighted by molar-refractivity contribution is 9.10. The fourth-order valence-electron chi connectivity index (χ4n) is 3.26. The number of methoxy groups -OCH3 is 1. The first-order valence-corrected chi connectivity index (χ1v) is 8.81. The molecule has 0 saturated heterocycles. The molecule has 3 aromatic rings. The topological polar surface area (TPSA) is 98.5 Å². The van der Waals surface area contributed by atoms with Crippen LogP contribution in [0.1, 0.15) is 17.0 Å². The fourth-order valence-corrected chi connectivity index (χ4v) is 3.82. The van der Waals surface area contributed by atoms with Crippen LogP contribution in [0.3, 0.4) is 0 Å². The van der Waals surface area contributed by atoms with Crippen molar-refractivity contribution in [2.75, 3.05) is 7.11 Å². The molecule has 2 N–H and O–H groups in total. The number of halogens is 1. The Hall–Kier alpha value is -3.24. The zero-order chi connectivity index (χ0) is 19.1. The minimum Gasteiger partial charge on any atom is -0.496 e. The highest BCUT2D eigenvalue weighted by Gasteiger charge is 2.35. The van der Waals surface area contributed by atoms with Crippen molar-refractivity contribution in [1.29, 1.82) is 5.26 Å². The Balaban J connectivity index is 2.05. The number of hydrogen-bond donors (Lipinski definition) is 1. The number of fused-ring (bicyclic) bond motifs is 3. The summed E-state index contributed by atoms with van der Waals surface area (Å²) in [6.45, 7) is 0. The maximum atomic E-state index is 12.8. The Labute approximate surface area is 162 Å². The second kappa shape index (κ2) is 6.49.